The maximum atomic E-state index is 12.7. The Morgan fingerprint density at radius 1 is 0.909 bits per heavy atom. The van der Waals surface area contributed by atoms with Crippen molar-refractivity contribution in [1.82, 2.24) is 19.4 Å². The van der Waals surface area contributed by atoms with Gasteiger partial charge in [0.15, 0.2) is 0 Å². The van der Waals surface area contributed by atoms with Crippen LogP contribution < -0.4 is 15.8 Å². The van der Waals surface area contributed by atoms with E-state index in [0.29, 0.717) is 18.1 Å². The standard InChI is InChI=1S/C26H28N6O/c1-19-3-5-20(6-4-19)18-32-24(33)12-7-21-17-27-26(29-25(21)32)28-22-8-10-23(11-9-22)31-15-13-30(2)14-16-31/h3-12,17H,13-16,18H2,1-2H3,(H,27,28,29). The van der Waals surface area contributed by atoms with Gasteiger partial charge in [-0.2, -0.15) is 4.98 Å². The molecule has 1 N–H and O–H groups in total. The van der Waals surface area contributed by atoms with Gasteiger partial charge in [-0.1, -0.05) is 29.8 Å². The van der Waals surface area contributed by atoms with Crippen molar-refractivity contribution in [2.45, 2.75) is 13.5 Å². The summed E-state index contributed by atoms with van der Waals surface area (Å²) in [4.78, 5) is 26.6. The fourth-order valence-electron chi connectivity index (χ4n) is 4.11. The van der Waals surface area contributed by atoms with Crippen molar-refractivity contribution in [3.63, 3.8) is 0 Å². The predicted molar refractivity (Wildman–Crippen MR) is 134 cm³/mol. The van der Waals surface area contributed by atoms with Crippen molar-refractivity contribution in [2.75, 3.05) is 43.4 Å². The second-order valence-electron chi connectivity index (χ2n) is 8.68. The summed E-state index contributed by atoms with van der Waals surface area (Å²) in [6.07, 6.45) is 1.76. The van der Waals surface area contributed by atoms with Crippen LogP contribution in [0, 0.1) is 6.92 Å². The molecule has 7 heteroatoms. The van der Waals surface area contributed by atoms with Gasteiger partial charge in [-0.3, -0.25) is 9.36 Å². The van der Waals surface area contributed by atoms with Crippen LogP contribution in [0.4, 0.5) is 17.3 Å². The number of fused-ring (bicyclic) bond motifs is 1. The first kappa shape index (κ1) is 21.2. The summed E-state index contributed by atoms with van der Waals surface area (Å²) in [5.74, 6) is 0.470. The highest BCUT2D eigenvalue weighted by Crippen LogP contribution is 2.22. The van der Waals surface area contributed by atoms with Gasteiger partial charge in [0.1, 0.15) is 5.65 Å². The second-order valence-corrected chi connectivity index (χ2v) is 8.68. The molecule has 5 rings (SSSR count). The van der Waals surface area contributed by atoms with E-state index in [4.69, 9.17) is 4.98 Å². The molecule has 1 saturated heterocycles. The van der Waals surface area contributed by atoms with Crippen LogP contribution in [0.25, 0.3) is 11.0 Å². The Kier molecular flexibility index (Phi) is 5.79. The zero-order valence-electron chi connectivity index (χ0n) is 19.0. The lowest BCUT2D eigenvalue weighted by Crippen LogP contribution is -2.44. The number of hydrogen-bond acceptors (Lipinski definition) is 6. The van der Waals surface area contributed by atoms with E-state index in [2.05, 4.69) is 58.3 Å². The van der Waals surface area contributed by atoms with Crippen LogP contribution in [0.5, 0.6) is 0 Å². The summed E-state index contributed by atoms with van der Waals surface area (Å²) < 4.78 is 1.70. The summed E-state index contributed by atoms with van der Waals surface area (Å²) >= 11 is 0. The molecular weight excluding hydrogens is 412 g/mol. The number of likely N-dealkylation sites (N-methyl/N-ethyl adjacent to an activating group) is 1. The smallest absolute Gasteiger partial charge is 0.252 e. The molecule has 1 aliphatic heterocycles. The van der Waals surface area contributed by atoms with E-state index in [9.17, 15) is 4.79 Å². The van der Waals surface area contributed by atoms with Gasteiger partial charge in [0.2, 0.25) is 5.95 Å². The van der Waals surface area contributed by atoms with Gasteiger partial charge < -0.3 is 15.1 Å². The molecular formula is C26H28N6O. The average Bonchev–Trinajstić information content (AvgIpc) is 2.83. The lowest BCUT2D eigenvalue weighted by Gasteiger charge is -2.34. The van der Waals surface area contributed by atoms with Crippen molar-refractivity contribution >= 4 is 28.4 Å². The lowest BCUT2D eigenvalue weighted by molar-refractivity contribution is 0.313. The molecule has 33 heavy (non-hydrogen) atoms. The first-order valence-corrected chi connectivity index (χ1v) is 11.3. The van der Waals surface area contributed by atoms with Gasteiger partial charge in [0.05, 0.1) is 6.54 Å². The number of benzene rings is 2. The van der Waals surface area contributed by atoms with Gasteiger partial charge in [-0.15, -0.1) is 0 Å². The van der Waals surface area contributed by atoms with Crippen molar-refractivity contribution in [2.24, 2.45) is 0 Å². The summed E-state index contributed by atoms with van der Waals surface area (Å²) in [7, 11) is 2.16. The molecule has 3 heterocycles. The average molecular weight is 441 g/mol. The minimum atomic E-state index is -0.0794. The predicted octanol–water partition coefficient (Wildman–Crippen LogP) is 3.64. The first-order valence-electron chi connectivity index (χ1n) is 11.3. The molecule has 0 bridgehead atoms. The van der Waals surface area contributed by atoms with Gasteiger partial charge in [0, 0.05) is 55.2 Å². The molecule has 0 amide bonds. The largest absolute Gasteiger partial charge is 0.369 e. The molecule has 2 aromatic heterocycles. The summed E-state index contributed by atoms with van der Waals surface area (Å²) in [5, 5.41) is 4.12. The van der Waals surface area contributed by atoms with Gasteiger partial charge >= 0.3 is 0 Å². The molecule has 4 aromatic rings. The van der Waals surface area contributed by atoms with Crippen LogP contribution in [-0.4, -0.2) is 52.7 Å². The topological polar surface area (TPSA) is 66.3 Å². The molecule has 2 aromatic carbocycles. The highest BCUT2D eigenvalue weighted by Gasteiger charge is 2.14. The van der Waals surface area contributed by atoms with Crippen molar-refractivity contribution < 1.29 is 0 Å². The number of anilines is 3. The first-order chi connectivity index (χ1) is 16.0. The van der Waals surface area contributed by atoms with E-state index in [1.165, 1.54) is 11.3 Å². The van der Waals surface area contributed by atoms with E-state index in [1.807, 2.05) is 24.3 Å². The van der Waals surface area contributed by atoms with Crippen molar-refractivity contribution in [1.29, 1.82) is 0 Å². The Morgan fingerprint density at radius 3 is 2.36 bits per heavy atom. The highest BCUT2D eigenvalue weighted by atomic mass is 16.1. The Hall–Kier alpha value is -3.71. The van der Waals surface area contributed by atoms with Crippen molar-refractivity contribution in [3.8, 4) is 0 Å². The number of pyridine rings is 1. The maximum absolute atomic E-state index is 12.7. The number of nitrogens with zero attached hydrogens (tertiary/aromatic N) is 5. The van der Waals surface area contributed by atoms with Crippen LogP contribution in [0.2, 0.25) is 0 Å². The minimum absolute atomic E-state index is 0.0794. The molecule has 0 aliphatic carbocycles. The third-order valence-electron chi connectivity index (χ3n) is 6.18. The van der Waals surface area contributed by atoms with Gasteiger partial charge in [-0.05, 0) is 49.9 Å². The normalized spacial score (nSPS) is 14.5. The fraction of sp³-hybridized carbons (Fsp3) is 0.269. The van der Waals surface area contributed by atoms with E-state index in [-0.39, 0.29) is 5.56 Å². The van der Waals surface area contributed by atoms with E-state index < -0.39 is 0 Å². The van der Waals surface area contributed by atoms with Crippen LogP contribution in [-0.2, 0) is 6.54 Å². The molecule has 0 saturated carbocycles. The highest BCUT2D eigenvalue weighted by molar-refractivity contribution is 5.76. The second kappa shape index (κ2) is 9.03. The Labute approximate surface area is 193 Å². The Balaban J connectivity index is 1.38. The number of hydrogen-bond donors (Lipinski definition) is 1. The zero-order valence-corrected chi connectivity index (χ0v) is 19.0. The van der Waals surface area contributed by atoms with Crippen LogP contribution in [0.1, 0.15) is 11.1 Å². The number of aryl methyl sites for hydroxylation is 1. The molecule has 0 atom stereocenters. The van der Waals surface area contributed by atoms with Crippen molar-refractivity contribution in [3.05, 3.63) is 88.3 Å². The molecule has 1 fully saturated rings. The number of aromatic nitrogens is 3. The molecule has 7 nitrogen and oxygen atoms in total. The molecule has 0 unspecified atom stereocenters. The Morgan fingerprint density at radius 2 is 1.64 bits per heavy atom. The zero-order chi connectivity index (χ0) is 22.8. The quantitative estimate of drug-likeness (QED) is 0.511. The van der Waals surface area contributed by atoms with E-state index >= 15 is 0 Å². The summed E-state index contributed by atoms with van der Waals surface area (Å²) in [6, 6.07) is 19.9. The molecule has 1 aliphatic rings. The summed E-state index contributed by atoms with van der Waals surface area (Å²) in [6.45, 7) is 6.75. The number of rotatable bonds is 5. The third kappa shape index (κ3) is 4.73. The third-order valence-corrected chi connectivity index (χ3v) is 6.18. The number of nitrogens with one attached hydrogen (secondary N) is 1. The molecule has 0 radical (unpaired) electrons. The molecule has 168 valence electrons. The van der Waals surface area contributed by atoms with E-state index in [0.717, 1.165) is 42.8 Å². The molecule has 0 spiro atoms. The van der Waals surface area contributed by atoms with Gasteiger partial charge in [-0.25, -0.2) is 4.98 Å². The van der Waals surface area contributed by atoms with Crippen LogP contribution in [0.3, 0.4) is 0 Å². The SMILES string of the molecule is Cc1ccc(Cn2c(=O)ccc3cnc(Nc4ccc(N5CCN(C)CC5)cc4)nc32)cc1. The van der Waals surface area contributed by atoms with Gasteiger partial charge in [0.25, 0.3) is 5.56 Å². The monoisotopic (exact) mass is 440 g/mol. The summed E-state index contributed by atoms with van der Waals surface area (Å²) in [5.41, 5.74) is 4.92. The fourth-order valence-corrected chi connectivity index (χ4v) is 4.11. The van der Waals surface area contributed by atoms with E-state index in [1.54, 1.807) is 22.9 Å². The minimum Gasteiger partial charge on any atom is -0.369 e. The Bertz CT molecular complexity index is 1310. The number of piperazine rings is 1. The lowest BCUT2D eigenvalue weighted by atomic mass is 10.1. The van der Waals surface area contributed by atoms with Crippen LogP contribution in [0.15, 0.2) is 71.7 Å². The van der Waals surface area contributed by atoms with Crippen LogP contribution >= 0.6 is 0 Å². The maximum Gasteiger partial charge on any atom is 0.252 e.